The summed E-state index contributed by atoms with van der Waals surface area (Å²) in [4.78, 5) is 6.77. The number of nitrogens with zero attached hydrogens (tertiary/aromatic N) is 3. The minimum Gasteiger partial charge on any atom is -0.468 e. The fourth-order valence-corrected chi connectivity index (χ4v) is 3.21. The Morgan fingerprint density at radius 3 is 2.73 bits per heavy atom. The van der Waals surface area contributed by atoms with Crippen LogP contribution in [0, 0.1) is 0 Å². The van der Waals surface area contributed by atoms with Crippen molar-refractivity contribution in [3.63, 3.8) is 0 Å². The van der Waals surface area contributed by atoms with Gasteiger partial charge in [0.05, 0.1) is 24.5 Å². The van der Waals surface area contributed by atoms with E-state index in [1.54, 1.807) is 13.3 Å². The number of rotatable bonds is 7. The predicted molar refractivity (Wildman–Crippen MR) is 101 cm³/mol. The molecule has 0 saturated carbocycles. The molecule has 1 aliphatic rings. The van der Waals surface area contributed by atoms with E-state index in [0.29, 0.717) is 12.5 Å². The normalized spacial score (nSPS) is 17.0. The highest BCUT2D eigenvalue weighted by Crippen LogP contribution is 2.24. The van der Waals surface area contributed by atoms with Gasteiger partial charge >= 0.3 is 0 Å². The third-order valence-corrected chi connectivity index (χ3v) is 4.74. The molecule has 0 bridgehead atoms. The van der Waals surface area contributed by atoms with Crippen LogP contribution in [-0.2, 0) is 6.54 Å². The van der Waals surface area contributed by atoms with E-state index in [0.717, 1.165) is 42.8 Å². The van der Waals surface area contributed by atoms with Gasteiger partial charge in [-0.15, -0.1) is 0 Å². The van der Waals surface area contributed by atoms with Crippen LogP contribution >= 0.6 is 0 Å². The standard InChI is InChI=1S/C19H29N5O2/c1-14(2)16-11-15(26-23-16)12-21-19(20-3)22-13-17(18-7-6-10-25-18)24-8-4-5-9-24/h6-7,10-11,14,17H,4-5,8-9,12-13H2,1-3H3,(H2,20,21,22). The second kappa shape index (κ2) is 8.89. The van der Waals surface area contributed by atoms with Gasteiger partial charge in [0.2, 0.25) is 0 Å². The Balaban J connectivity index is 1.54. The fourth-order valence-electron chi connectivity index (χ4n) is 3.21. The molecule has 7 nitrogen and oxygen atoms in total. The smallest absolute Gasteiger partial charge is 0.191 e. The summed E-state index contributed by atoms with van der Waals surface area (Å²) in [6.07, 6.45) is 4.23. The number of aromatic nitrogens is 1. The van der Waals surface area contributed by atoms with Gasteiger partial charge in [0.1, 0.15) is 5.76 Å². The minimum atomic E-state index is 0.212. The lowest BCUT2D eigenvalue weighted by atomic mass is 10.1. The van der Waals surface area contributed by atoms with Crippen molar-refractivity contribution in [2.75, 3.05) is 26.7 Å². The van der Waals surface area contributed by atoms with Gasteiger partial charge < -0.3 is 19.6 Å². The molecule has 2 N–H and O–H groups in total. The van der Waals surface area contributed by atoms with Crippen LogP contribution in [0.25, 0.3) is 0 Å². The Kier molecular flexibility index (Phi) is 6.33. The van der Waals surface area contributed by atoms with Crippen LogP contribution in [0.3, 0.4) is 0 Å². The molecule has 3 heterocycles. The molecule has 7 heteroatoms. The molecule has 0 aromatic carbocycles. The molecule has 2 aromatic rings. The molecular formula is C19H29N5O2. The molecule has 0 amide bonds. The summed E-state index contributed by atoms with van der Waals surface area (Å²) >= 11 is 0. The summed E-state index contributed by atoms with van der Waals surface area (Å²) in [5.41, 5.74) is 0.969. The SMILES string of the molecule is CN=C(NCc1cc(C(C)C)no1)NCC(c1ccco1)N1CCCC1. The zero-order chi connectivity index (χ0) is 18.4. The lowest BCUT2D eigenvalue weighted by Gasteiger charge is -2.26. The maximum Gasteiger partial charge on any atom is 0.191 e. The highest BCUT2D eigenvalue weighted by Gasteiger charge is 2.25. The summed E-state index contributed by atoms with van der Waals surface area (Å²) in [5, 5.41) is 10.8. The van der Waals surface area contributed by atoms with Crippen LogP contribution in [0.15, 0.2) is 38.4 Å². The van der Waals surface area contributed by atoms with E-state index < -0.39 is 0 Å². The highest BCUT2D eigenvalue weighted by atomic mass is 16.5. The van der Waals surface area contributed by atoms with Crippen LogP contribution < -0.4 is 10.6 Å². The summed E-state index contributed by atoms with van der Waals surface area (Å²) in [6, 6.07) is 6.19. The van der Waals surface area contributed by atoms with E-state index in [1.807, 2.05) is 18.2 Å². The quantitative estimate of drug-likeness (QED) is 0.585. The molecule has 1 aliphatic heterocycles. The van der Waals surface area contributed by atoms with E-state index in [1.165, 1.54) is 12.8 Å². The Morgan fingerprint density at radius 2 is 2.12 bits per heavy atom. The number of aliphatic imine (C=N–C) groups is 1. The van der Waals surface area contributed by atoms with E-state index in [2.05, 4.69) is 39.5 Å². The molecular weight excluding hydrogens is 330 g/mol. The lowest BCUT2D eigenvalue weighted by Crippen LogP contribution is -2.42. The first-order valence-corrected chi connectivity index (χ1v) is 9.35. The maximum absolute atomic E-state index is 5.66. The van der Waals surface area contributed by atoms with Crippen molar-refractivity contribution in [3.05, 3.63) is 41.7 Å². The van der Waals surface area contributed by atoms with Crippen molar-refractivity contribution < 1.29 is 8.94 Å². The molecule has 2 aromatic heterocycles. The highest BCUT2D eigenvalue weighted by molar-refractivity contribution is 5.79. The van der Waals surface area contributed by atoms with E-state index in [9.17, 15) is 0 Å². The number of guanidine groups is 1. The van der Waals surface area contributed by atoms with Crippen molar-refractivity contribution in [2.45, 2.75) is 45.2 Å². The average Bonchev–Trinajstić information content (AvgIpc) is 3.40. The van der Waals surface area contributed by atoms with Crippen LogP contribution in [0.1, 0.15) is 55.9 Å². The number of hydrogen-bond acceptors (Lipinski definition) is 5. The van der Waals surface area contributed by atoms with E-state index in [4.69, 9.17) is 8.94 Å². The third-order valence-electron chi connectivity index (χ3n) is 4.74. The number of hydrogen-bond donors (Lipinski definition) is 2. The van der Waals surface area contributed by atoms with Gasteiger partial charge in [0, 0.05) is 19.7 Å². The molecule has 0 aliphatic carbocycles. The fraction of sp³-hybridized carbons (Fsp3) is 0.579. The first-order valence-electron chi connectivity index (χ1n) is 9.35. The average molecular weight is 359 g/mol. The summed E-state index contributed by atoms with van der Waals surface area (Å²) in [7, 11) is 1.77. The largest absolute Gasteiger partial charge is 0.468 e. The Bertz CT molecular complexity index is 687. The predicted octanol–water partition coefficient (Wildman–Crippen LogP) is 2.89. The number of likely N-dealkylation sites (tertiary alicyclic amines) is 1. The van der Waals surface area contributed by atoms with Gasteiger partial charge in [0.25, 0.3) is 0 Å². The molecule has 142 valence electrons. The lowest BCUT2D eigenvalue weighted by molar-refractivity contribution is 0.215. The Morgan fingerprint density at radius 1 is 1.31 bits per heavy atom. The van der Waals surface area contributed by atoms with Gasteiger partial charge in [-0.05, 0) is 44.0 Å². The Hall–Kier alpha value is -2.28. The van der Waals surface area contributed by atoms with E-state index >= 15 is 0 Å². The molecule has 1 unspecified atom stereocenters. The number of nitrogens with one attached hydrogen (secondary N) is 2. The molecule has 1 fully saturated rings. The van der Waals surface area contributed by atoms with Crippen LogP contribution in [0.4, 0.5) is 0 Å². The molecule has 0 radical (unpaired) electrons. The summed E-state index contributed by atoms with van der Waals surface area (Å²) in [6.45, 7) is 7.70. The van der Waals surface area contributed by atoms with Crippen molar-refractivity contribution >= 4 is 5.96 Å². The van der Waals surface area contributed by atoms with Crippen molar-refractivity contribution in [1.29, 1.82) is 0 Å². The summed E-state index contributed by atoms with van der Waals surface area (Å²) < 4.78 is 11.0. The monoisotopic (exact) mass is 359 g/mol. The first-order chi connectivity index (χ1) is 12.7. The zero-order valence-corrected chi connectivity index (χ0v) is 15.9. The maximum atomic E-state index is 5.66. The van der Waals surface area contributed by atoms with Crippen molar-refractivity contribution in [1.82, 2.24) is 20.7 Å². The van der Waals surface area contributed by atoms with Gasteiger partial charge in [-0.25, -0.2) is 0 Å². The van der Waals surface area contributed by atoms with Gasteiger partial charge in [-0.3, -0.25) is 9.89 Å². The van der Waals surface area contributed by atoms with Crippen LogP contribution in [0.2, 0.25) is 0 Å². The molecule has 3 rings (SSSR count). The van der Waals surface area contributed by atoms with Gasteiger partial charge in [-0.1, -0.05) is 19.0 Å². The van der Waals surface area contributed by atoms with E-state index in [-0.39, 0.29) is 6.04 Å². The first kappa shape index (κ1) is 18.5. The van der Waals surface area contributed by atoms with Gasteiger partial charge in [-0.2, -0.15) is 0 Å². The Labute approximate surface area is 154 Å². The molecule has 1 saturated heterocycles. The topological polar surface area (TPSA) is 78.8 Å². The molecule has 0 spiro atoms. The summed E-state index contributed by atoms with van der Waals surface area (Å²) in [5.74, 6) is 2.90. The van der Waals surface area contributed by atoms with Crippen molar-refractivity contribution in [2.24, 2.45) is 4.99 Å². The van der Waals surface area contributed by atoms with Crippen molar-refractivity contribution in [3.8, 4) is 0 Å². The van der Waals surface area contributed by atoms with Crippen LogP contribution in [-0.4, -0.2) is 42.7 Å². The zero-order valence-electron chi connectivity index (χ0n) is 15.9. The second-order valence-electron chi connectivity index (χ2n) is 6.95. The third kappa shape index (κ3) is 4.66. The van der Waals surface area contributed by atoms with Gasteiger partial charge in [0.15, 0.2) is 11.7 Å². The molecule has 1 atom stereocenters. The van der Waals surface area contributed by atoms with Crippen LogP contribution in [0.5, 0.6) is 0 Å². The second-order valence-corrected chi connectivity index (χ2v) is 6.95. The number of furan rings is 1. The molecule has 26 heavy (non-hydrogen) atoms. The minimum absolute atomic E-state index is 0.212.